The van der Waals surface area contributed by atoms with Crippen molar-refractivity contribution in [1.29, 1.82) is 0 Å². The molecule has 0 spiro atoms. The normalized spacial score (nSPS) is 11.0. The van der Waals surface area contributed by atoms with E-state index in [-0.39, 0.29) is 0 Å². The van der Waals surface area contributed by atoms with Gasteiger partial charge in [-0.1, -0.05) is 13.8 Å². The molecule has 0 saturated heterocycles. The largest absolute Gasteiger partial charge is 0.369 e. The number of nitrogens with zero attached hydrogens (tertiary/aromatic N) is 3. The van der Waals surface area contributed by atoms with Gasteiger partial charge in [0.25, 0.3) is 0 Å². The molecule has 0 amide bonds. The van der Waals surface area contributed by atoms with Crippen LogP contribution in [0.1, 0.15) is 43.8 Å². The molecule has 0 fully saturated rings. The van der Waals surface area contributed by atoms with Gasteiger partial charge in [-0.2, -0.15) is 0 Å². The zero-order chi connectivity index (χ0) is 15.6. The number of halogens is 1. The first-order chi connectivity index (χ1) is 9.92. The third kappa shape index (κ3) is 3.59. The summed E-state index contributed by atoms with van der Waals surface area (Å²) in [6.45, 7) is 11.1. The van der Waals surface area contributed by atoms with Gasteiger partial charge in [0.05, 0.1) is 10.2 Å². The Kier molecular flexibility index (Phi) is 4.93. The van der Waals surface area contributed by atoms with Crippen LogP contribution in [0.4, 0.5) is 5.82 Å². The van der Waals surface area contributed by atoms with Crippen molar-refractivity contribution >= 4 is 21.7 Å². The third-order valence-electron chi connectivity index (χ3n) is 3.11. The third-order valence-corrected chi connectivity index (χ3v) is 3.89. The molecule has 1 N–H and O–H groups in total. The molecule has 112 valence electrons. The Hall–Kier alpha value is -1.49. The van der Waals surface area contributed by atoms with Crippen LogP contribution in [0.25, 0.3) is 11.4 Å². The van der Waals surface area contributed by atoms with E-state index >= 15 is 0 Å². The lowest BCUT2D eigenvalue weighted by Gasteiger charge is -2.14. The minimum Gasteiger partial charge on any atom is -0.369 e. The van der Waals surface area contributed by atoms with Gasteiger partial charge in [-0.05, 0) is 54.8 Å². The van der Waals surface area contributed by atoms with Gasteiger partial charge in [0, 0.05) is 23.5 Å². The minimum atomic E-state index is 0.322. The summed E-state index contributed by atoms with van der Waals surface area (Å²) in [5, 5.41) is 3.30. The van der Waals surface area contributed by atoms with Gasteiger partial charge >= 0.3 is 0 Å². The Morgan fingerprint density at radius 3 is 2.24 bits per heavy atom. The molecule has 0 bridgehead atoms. The fourth-order valence-electron chi connectivity index (χ4n) is 2.22. The molecule has 0 aromatic carbocycles. The van der Waals surface area contributed by atoms with Crippen LogP contribution in [-0.2, 0) is 0 Å². The van der Waals surface area contributed by atoms with Crippen LogP contribution >= 0.6 is 15.9 Å². The number of rotatable bonds is 4. The molecule has 4 nitrogen and oxygen atoms in total. The maximum Gasteiger partial charge on any atom is 0.161 e. The van der Waals surface area contributed by atoms with E-state index in [0.29, 0.717) is 5.92 Å². The SMILES string of the molecule is CCNc1nc(-c2cc(C)nc(C)c2)nc(C(C)C)c1Br. The van der Waals surface area contributed by atoms with E-state index < -0.39 is 0 Å². The van der Waals surface area contributed by atoms with Gasteiger partial charge < -0.3 is 5.32 Å². The average molecular weight is 349 g/mol. The number of pyridine rings is 1. The quantitative estimate of drug-likeness (QED) is 0.885. The molecule has 21 heavy (non-hydrogen) atoms. The summed E-state index contributed by atoms with van der Waals surface area (Å²) in [7, 11) is 0. The van der Waals surface area contributed by atoms with Crippen LogP contribution in [0.2, 0.25) is 0 Å². The average Bonchev–Trinajstić information content (AvgIpc) is 2.39. The summed E-state index contributed by atoms with van der Waals surface area (Å²) in [6, 6.07) is 4.05. The zero-order valence-corrected chi connectivity index (χ0v) is 14.7. The first kappa shape index (κ1) is 15.9. The lowest BCUT2D eigenvalue weighted by molar-refractivity contribution is 0.809. The second kappa shape index (κ2) is 6.52. The highest BCUT2D eigenvalue weighted by molar-refractivity contribution is 9.10. The lowest BCUT2D eigenvalue weighted by atomic mass is 10.1. The van der Waals surface area contributed by atoms with E-state index in [2.05, 4.69) is 52.0 Å². The molecule has 2 aromatic rings. The van der Waals surface area contributed by atoms with Gasteiger partial charge in [-0.15, -0.1) is 0 Å². The number of anilines is 1. The van der Waals surface area contributed by atoms with Crippen molar-refractivity contribution in [2.24, 2.45) is 0 Å². The van der Waals surface area contributed by atoms with Crippen LogP contribution < -0.4 is 5.32 Å². The number of hydrogen-bond donors (Lipinski definition) is 1. The molecule has 0 atom stereocenters. The standard InChI is InChI=1S/C16H21BrN4/c1-6-18-16-13(17)14(9(2)3)20-15(21-16)12-7-10(4)19-11(5)8-12/h7-9H,6H2,1-5H3,(H,18,20,21). The first-order valence-corrected chi connectivity index (χ1v) is 7.98. The predicted molar refractivity (Wildman–Crippen MR) is 90.7 cm³/mol. The van der Waals surface area contributed by atoms with Crippen LogP contribution in [0.3, 0.4) is 0 Å². The van der Waals surface area contributed by atoms with Crippen molar-refractivity contribution in [3.63, 3.8) is 0 Å². The minimum absolute atomic E-state index is 0.322. The predicted octanol–water partition coefficient (Wildman–Crippen LogP) is 4.47. The highest BCUT2D eigenvalue weighted by Gasteiger charge is 2.16. The maximum absolute atomic E-state index is 4.74. The Morgan fingerprint density at radius 1 is 1.10 bits per heavy atom. The van der Waals surface area contributed by atoms with E-state index in [0.717, 1.165) is 45.3 Å². The molecule has 2 aromatic heterocycles. The molecule has 5 heteroatoms. The second-order valence-electron chi connectivity index (χ2n) is 5.42. The summed E-state index contributed by atoms with van der Waals surface area (Å²) >= 11 is 3.62. The van der Waals surface area contributed by atoms with Crippen molar-refractivity contribution in [3.05, 3.63) is 33.7 Å². The topological polar surface area (TPSA) is 50.7 Å². The van der Waals surface area contributed by atoms with Gasteiger partial charge in [0.2, 0.25) is 0 Å². The number of aromatic nitrogens is 3. The molecule has 0 radical (unpaired) electrons. The van der Waals surface area contributed by atoms with E-state index in [9.17, 15) is 0 Å². The van der Waals surface area contributed by atoms with Crippen molar-refractivity contribution < 1.29 is 0 Å². The van der Waals surface area contributed by atoms with Crippen molar-refractivity contribution in [2.75, 3.05) is 11.9 Å². The van der Waals surface area contributed by atoms with E-state index in [1.165, 1.54) is 0 Å². The van der Waals surface area contributed by atoms with Crippen LogP contribution in [0.15, 0.2) is 16.6 Å². The van der Waals surface area contributed by atoms with Crippen LogP contribution in [0.5, 0.6) is 0 Å². The summed E-state index contributed by atoms with van der Waals surface area (Å²) in [5.74, 6) is 1.91. The fourth-order valence-corrected chi connectivity index (χ4v) is 3.00. The Labute approximate surface area is 134 Å². The number of aryl methyl sites for hydroxylation is 2. The highest BCUT2D eigenvalue weighted by Crippen LogP contribution is 2.31. The summed E-state index contributed by atoms with van der Waals surface area (Å²) < 4.78 is 0.950. The Bertz CT molecular complexity index is 633. The summed E-state index contributed by atoms with van der Waals surface area (Å²) in [6.07, 6.45) is 0. The highest BCUT2D eigenvalue weighted by atomic mass is 79.9. The second-order valence-corrected chi connectivity index (χ2v) is 6.21. The van der Waals surface area contributed by atoms with E-state index in [4.69, 9.17) is 4.98 Å². The number of hydrogen-bond acceptors (Lipinski definition) is 4. The summed E-state index contributed by atoms with van der Waals surface area (Å²) in [5.41, 5.74) is 3.98. The molecule has 0 aliphatic rings. The van der Waals surface area contributed by atoms with E-state index in [1.54, 1.807) is 0 Å². The molecule has 0 saturated carbocycles. The fraction of sp³-hybridized carbons (Fsp3) is 0.438. The molecular formula is C16H21BrN4. The molecule has 0 aliphatic heterocycles. The summed E-state index contributed by atoms with van der Waals surface area (Å²) in [4.78, 5) is 13.8. The molecule has 2 heterocycles. The molecule has 2 rings (SSSR count). The van der Waals surface area contributed by atoms with Crippen LogP contribution in [0, 0.1) is 13.8 Å². The number of nitrogens with one attached hydrogen (secondary N) is 1. The van der Waals surface area contributed by atoms with Gasteiger partial charge in [0.1, 0.15) is 5.82 Å². The van der Waals surface area contributed by atoms with Crippen molar-refractivity contribution in [2.45, 2.75) is 40.5 Å². The van der Waals surface area contributed by atoms with Crippen molar-refractivity contribution in [1.82, 2.24) is 15.0 Å². The molecule has 0 aliphatic carbocycles. The Morgan fingerprint density at radius 2 is 1.71 bits per heavy atom. The molecular weight excluding hydrogens is 328 g/mol. The van der Waals surface area contributed by atoms with Crippen LogP contribution in [-0.4, -0.2) is 21.5 Å². The van der Waals surface area contributed by atoms with Gasteiger partial charge in [-0.3, -0.25) is 4.98 Å². The molecule has 0 unspecified atom stereocenters. The monoisotopic (exact) mass is 348 g/mol. The van der Waals surface area contributed by atoms with Gasteiger partial charge in [0.15, 0.2) is 5.82 Å². The first-order valence-electron chi connectivity index (χ1n) is 7.19. The zero-order valence-electron chi connectivity index (χ0n) is 13.2. The van der Waals surface area contributed by atoms with E-state index in [1.807, 2.05) is 26.0 Å². The Balaban J connectivity index is 2.62. The lowest BCUT2D eigenvalue weighted by Crippen LogP contribution is -2.07. The smallest absolute Gasteiger partial charge is 0.161 e. The van der Waals surface area contributed by atoms with Crippen molar-refractivity contribution in [3.8, 4) is 11.4 Å². The maximum atomic E-state index is 4.74. The van der Waals surface area contributed by atoms with Gasteiger partial charge in [-0.25, -0.2) is 9.97 Å².